The second-order valence-corrected chi connectivity index (χ2v) is 9.36. The average Bonchev–Trinajstić information content (AvgIpc) is 3.10. The Labute approximate surface area is 179 Å². The molecule has 2 rings (SSSR count). The van der Waals surface area contributed by atoms with E-state index < -0.39 is 0 Å². The number of nitrogens with two attached hydrogens (primary N) is 1. The van der Waals surface area contributed by atoms with Crippen molar-refractivity contribution in [3.8, 4) is 0 Å². The lowest BCUT2D eigenvalue weighted by molar-refractivity contribution is -0.129. The number of amides is 1. The number of thiophene rings is 1. The Kier molecular flexibility index (Phi) is 7.11. The van der Waals surface area contributed by atoms with Gasteiger partial charge in [-0.25, -0.2) is 0 Å². The molecule has 3 N–H and O–H groups in total. The van der Waals surface area contributed by atoms with Gasteiger partial charge in [0.2, 0.25) is 5.91 Å². The fourth-order valence-electron chi connectivity index (χ4n) is 3.20. The molecule has 0 saturated carbocycles. The summed E-state index contributed by atoms with van der Waals surface area (Å²) in [4.78, 5) is 20.2. The summed E-state index contributed by atoms with van der Waals surface area (Å²) in [5.41, 5.74) is 10.8. The number of hydrogen-bond acceptors (Lipinski definition) is 4. The van der Waals surface area contributed by atoms with Crippen LogP contribution in [0.4, 0.5) is 0 Å². The number of nitrogens with zero attached hydrogens (tertiary/aromatic N) is 2. The van der Waals surface area contributed by atoms with Gasteiger partial charge in [0.05, 0.1) is 6.04 Å². The van der Waals surface area contributed by atoms with E-state index in [-0.39, 0.29) is 17.4 Å². The maximum atomic E-state index is 12.7. The molecule has 1 amide bonds. The zero-order chi connectivity index (χ0) is 21.9. The van der Waals surface area contributed by atoms with Crippen LogP contribution in [0, 0.1) is 5.41 Å². The van der Waals surface area contributed by atoms with Gasteiger partial charge >= 0.3 is 0 Å². The standard InChI is InChI=1S/C23H34N4OS/c1-9-14(2)22(28)27-11-10-17-18(13-29-21(17)16(27)4)15(3)26-20(25-8)12-19(24)23(5,6)7/h9,12-13,16H,3,10-11,24H2,1-2,4-8H3,(H,25,26)/b14-9+,19-12-. The molecule has 1 aliphatic rings. The van der Waals surface area contributed by atoms with Crippen molar-refractivity contribution in [3.05, 3.63) is 51.4 Å². The zero-order valence-corrected chi connectivity index (χ0v) is 19.5. The third kappa shape index (κ3) is 4.99. The Hall–Kier alpha value is -2.34. The summed E-state index contributed by atoms with van der Waals surface area (Å²) in [6, 6.07) is 0.0587. The minimum atomic E-state index is -0.128. The van der Waals surface area contributed by atoms with E-state index in [0.717, 1.165) is 29.0 Å². The lowest BCUT2D eigenvalue weighted by Gasteiger charge is -2.34. The number of allylic oxidation sites excluding steroid dienone is 2. The molecule has 1 aliphatic heterocycles. The number of carbonyl (C=O) groups excluding carboxylic acids is 1. The molecule has 0 radical (unpaired) electrons. The molecule has 1 atom stereocenters. The highest BCUT2D eigenvalue weighted by Gasteiger charge is 2.31. The van der Waals surface area contributed by atoms with E-state index in [1.54, 1.807) is 18.4 Å². The average molecular weight is 415 g/mol. The summed E-state index contributed by atoms with van der Waals surface area (Å²) >= 11 is 1.69. The van der Waals surface area contributed by atoms with Gasteiger partial charge in [0, 0.05) is 51.8 Å². The second-order valence-electron chi connectivity index (χ2n) is 8.45. The third-order valence-electron chi connectivity index (χ3n) is 5.41. The zero-order valence-electron chi connectivity index (χ0n) is 18.7. The summed E-state index contributed by atoms with van der Waals surface area (Å²) in [6.07, 6.45) is 4.56. The van der Waals surface area contributed by atoms with Crippen molar-refractivity contribution in [2.45, 2.75) is 54.0 Å². The molecule has 0 fully saturated rings. The van der Waals surface area contributed by atoms with Gasteiger partial charge in [-0.2, -0.15) is 0 Å². The Morgan fingerprint density at radius 2 is 2.10 bits per heavy atom. The van der Waals surface area contributed by atoms with Gasteiger partial charge in [0.1, 0.15) is 5.84 Å². The monoisotopic (exact) mass is 414 g/mol. The van der Waals surface area contributed by atoms with E-state index >= 15 is 0 Å². The van der Waals surface area contributed by atoms with E-state index in [2.05, 4.69) is 50.0 Å². The predicted octanol–water partition coefficient (Wildman–Crippen LogP) is 4.64. The van der Waals surface area contributed by atoms with Gasteiger partial charge in [-0.05, 0) is 38.8 Å². The number of rotatable bonds is 4. The van der Waals surface area contributed by atoms with E-state index in [1.807, 2.05) is 30.9 Å². The molecular formula is C23H34N4OS. The molecule has 0 aliphatic carbocycles. The van der Waals surface area contributed by atoms with Gasteiger partial charge in [0.15, 0.2) is 0 Å². The number of nitrogens with one attached hydrogen (secondary N) is 1. The van der Waals surface area contributed by atoms with E-state index in [1.165, 1.54) is 10.4 Å². The van der Waals surface area contributed by atoms with Gasteiger partial charge in [-0.3, -0.25) is 9.79 Å². The smallest absolute Gasteiger partial charge is 0.249 e. The van der Waals surface area contributed by atoms with E-state index in [9.17, 15) is 4.79 Å². The number of carbonyl (C=O) groups is 1. The highest BCUT2D eigenvalue weighted by Crippen LogP contribution is 2.38. The topological polar surface area (TPSA) is 70.7 Å². The molecule has 29 heavy (non-hydrogen) atoms. The van der Waals surface area contributed by atoms with Crippen LogP contribution in [0.1, 0.15) is 63.6 Å². The second kappa shape index (κ2) is 8.99. The number of aliphatic imine (C=N–C) groups is 1. The van der Waals surface area contributed by atoms with Crippen LogP contribution in [0.3, 0.4) is 0 Å². The van der Waals surface area contributed by atoms with Gasteiger partial charge in [0.25, 0.3) is 0 Å². The molecule has 0 saturated heterocycles. The highest BCUT2D eigenvalue weighted by molar-refractivity contribution is 7.10. The number of fused-ring (bicyclic) bond motifs is 1. The third-order valence-corrected chi connectivity index (χ3v) is 6.61. The molecule has 158 valence electrons. The van der Waals surface area contributed by atoms with Crippen LogP contribution in [0.2, 0.25) is 0 Å². The van der Waals surface area contributed by atoms with Crippen LogP contribution < -0.4 is 11.1 Å². The fraction of sp³-hybridized carbons (Fsp3) is 0.478. The van der Waals surface area contributed by atoms with E-state index in [0.29, 0.717) is 12.4 Å². The Bertz CT molecular complexity index is 883. The normalized spacial score (nSPS) is 18.5. The summed E-state index contributed by atoms with van der Waals surface area (Å²) in [6.45, 7) is 17.0. The van der Waals surface area contributed by atoms with Crippen LogP contribution >= 0.6 is 11.3 Å². The van der Waals surface area contributed by atoms with Gasteiger partial charge in [-0.15, -0.1) is 11.3 Å². The van der Waals surface area contributed by atoms with Gasteiger partial charge in [-0.1, -0.05) is 33.4 Å². The van der Waals surface area contributed by atoms with Crippen molar-refractivity contribution in [1.29, 1.82) is 0 Å². The first-order chi connectivity index (χ1) is 13.5. The first-order valence-electron chi connectivity index (χ1n) is 9.96. The van der Waals surface area contributed by atoms with Crippen molar-refractivity contribution in [3.63, 3.8) is 0 Å². The Morgan fingerprint density at radius 3 is 2.66 bits per heavy atom. The fourth-order valence-corrected chi connectivity index (χ4v) is 4.40. The van der Waals surface area contributed by atoms with Crippen LogP contribution in [-0.2, 0) is 11.2 Å². The van der Waals surface area contributed by atoms with Crippen molar-refractivity contribution in [2.24, 2.45) is 16.1 Å². The first kappa shape index (κ1) is 22.9. The largest absolute Gasteiger partial charge is 0.401 e. The van der Waals surface area contributed by atoms with Crippen LogP contribution in [-0.4, -0.2) is 30.2 Å². The van der Waals surface area contributed by atoms with Crippen molar-refractivity contribution >= 4 is 28.8 Å². The molecule has 1 aromatic rings. The summed E-state index contributed by atoms with van der Waals surface area (Å²) in [5.74, 6) is 0.799. The predicted molar refractivity (Wildman–Crippen MR) is 125 cm³/mol. The molecule has 0 bridgehead atoms. The summed E-state index contributed by atoms with van der Waals surface area (Å²) < 4.78 is 0. The quantitative estimate of drug-likeness (QED) is 0.428. The molecule has 6 heteroatoms. The molecule has 5 nitrogen and oxygen atoms in total. The highest BCUT2D eigenvalue weighted by atomic mass is 32.1. The number of amidine groups is 1. The molecule has 0 spiro atoms. The van der Waals surface area contributed by atoms with Crippen molar-refractivity contribution < 1.29 is 4.79 Å². The van der Waals surface area contributed by atoms with E-state index in [4.69, 9.17) is 5.73 Å². The van der Waals surface area contributed by atoms with Crippen LogP contribution in [0.15, 0.2) is 40.4 Å². The molecular weight excluding hydrogens is 380 g/mol. The van der Waals surface area contributed by atoms with Crippen LogP contribution in [0.5, 0.6) is 0 Å². The lowest BCUT2D eigenvalue weighted by atomic mass is 9.92. The number of hydrogen-bond donors (Lipinski definition) is 2. The minimum Gasteiger partial charge on any atom is -0.401 e. The summed E-state index contributed by atoms with van der Waals surface area (Å²) in [7, 11) is 1.74. The Morgan fingerprint density at radius 1 is 1.45 bits per heavy atom. The van der Waals surface area contributed by atoms with Crippen molar-refractivity contribution in [2.75, 3.05) is 13.6 Å². The first-order valence-corrected chi connectivity index (χ1v) is 10.8. The Balaban J connectivity index is 2.23. The molecule has 0 aromatic carbocycles. The van der Waals surface area contributed by atoms with Crippen LogP contribution in [0.25, 0.3) is 5.70 Å². The lowest BCUT2D eigenvalue weighted by Crippen LogP contribution is -2.38. The minimum absolute atomic E-state index is 0.0587. The molecule has 1 aromatic heterocycles. The van der Waals surface area contributed by atoms with Crippen molar-refractivity contribution in [1.82, 2.24) is 10.2 Å². The molecule has 2 heterocycles. The SMILES string of the molecule is C=C(NC(/C=C(\N)C(C)(C)C)=NC)c1csc2c1CCN(C(=O)/C(C)=C/C)C2C. The maximum Gasteiger partial charge on any atom is 0.249 e. The molecule has 1 unspecified atom stereocenters. The summed E-state index contributed by atoms with van der Waals surface area (Å²) in [5, 5.41) is 5.44. The van der Waals surface area contributed by atoms with Gasteiger partial charge < -0.3 is 16.0 Å². The maximum absolute atomic E-state index is 12.7.